The molecule has 0 spiro atoms. The molecule has 0 radical (unpaired) electrons. The molecule has 0 aromatic carbocycles. The van der Waals surface area contributed by atoms with Crippen LogP contribution in [0.1, 0.15) is 0 Å². The van der Waals surface area contributed by atoms with Gasteiger partial charge in [0.1, 0.15) is 11.6 Å². The third kappa shape index (κ3) is 3.90. The molecule has 0 aliphatic carbocycles. The number of thioether (sulfide) groups is 1. The van der Waals surface area contributed by atoms with Crippen LogP contribution in [-0.2, 0) is 9.47 Å². The number of hydrogen-bond acceptors (Lipinski definition) is 7. The average Bonchev–Trinajstić information content (AvgIpc) is 2.18. The van der Waals surface area contributed by atoms with Gasteiger partial charge in [0.15, 0.2) is 11.4 Å². The highest BCUT2D eigenvalue weighted by molar-refractivity contribution is 7.99. The molecule has 1 aromatic rings. The predicted octanol–water partition coefficient (Wildman–Crippen LogP) is 0.352. The van der Waals surface area contributed by atoms with Gasteiger partial charge in [0.25, 0.3) is 0 Å². The third-order valence-electron chi connectivity index (χ3n) is 1.62. The molecule has 1 heterocycles. The van der Waals surface area contributed by atoms with Crippen LogP contribution in [0.15, 0.2) is 11.2 Å². The van der Waals surface area contributed by atoms with Gasteiger partial charge in [-0.15, -0.1) is 0 Å². The summed E-state index contributed by atoms with van der Waals surface area (Å²) >= 11 is 1.37. The van der Waals surface area contributed by atoms with Gasteiger partial charge in [-0.2, -0.15) is 0 Å². The maximum absolute atomic E-state index is 5.52. The second-order valence-electron chi connectivity index (χ2n) is 2.71. The zero-order valence-electron chi connectivity index (χ0n) is 8.64. The molecular formula is C8H14N4O2S. The van der Waals surface area contributed by atoms with Crippen LogP contribution in [-0.4, -0.2) is 36.2 Å². The summed E-state index contributed by atoms with van der Waals surface area (Å²) in [5, 5.41) is 0.520. The van der Waals surface area contributed by atoms with Gasteiger partial charge in [-0.1, -0.05) is 11.8 Å². The molecule has 6 nitrogen and oxygen atoms in total. The van der Waals surface area contributed by atoms with E-state index in [1.807, 2.05) is 0 Å². The minimum absolute atomic E-state index is 0.291. The van der Waals surface area contributed by atoms with E-state index in [0.29, 0.717) is 22.5 Å². The molecule has 0 fully saturated rings. The summed E-state index contributed by atoms with van der Waals surface area (Å²) in [6.07, 6.45) is -0.291. The minimum atomic E-state index is -0.291. The molecule has 15 heavy (non-hydrogen) atoms. The Morgan fingerprint density at radius 3 is 2.27 bits per heavy atom. The Balaban J connectivity index is 2.57. The Morgan fingerprint density at radius 1 is 1.27 bits per heavy atom. The maximum atomic E-state index is 5.52. The van der Waals surface area contributed by atoms with Gasteiger partial charge in [0.2, 0.25) is 0 Å². The second-order valence-corrected chi connectivity index (χ2v) is 3.70. The molecule has 0 amide bonds. The number of ether oxygens (including phenoxy) is 2. The standard InChI is InChI=1S/C8H14N4O2S/c1-13-7(14-2)4-15-8-11-5(9)3-6(10)12-8/h3,7H,4H2,1-2H3,(H4,9,10,11,12). The molecule has 0 unspecified atom stereocenters. The van der Waals surface area contributed by atoms with Crippen molar-refractivity contribution in [3.63, 3.8) is 0 Å². The minimum Gasteiger partial charge on any atom is -0.383 e. The number of anilines is 2. The van der Waals surface area contributed by atoms with E-state index < -0.39 is 0 Å². The molecule has 0 aliphatic heterocycles. The van der Waals surface area contributed by atoms with Crippen LogP contribution >= 0.6 is 11.8 Å². The number of nitrogens with zero attached hydrogens (tertiary/aromatic N) is 2. The first-order valence-electron chi connectivity index (χ1n) is 4.24. The van der Waals surface area contributed by atoms with E-state index in [1.54, 1.807) is 14.2 Å². The molecule has 0 aliphatic rings. The molecule has 84 valence electrons. The van der Waals surface area contributed by atoms with Gasteiger partial charge in [-0.25, -0.2) is 9.97 Å². The third-order valence-corrected chi connectivity index (χ3v) is 2.50. The van der Waals surface area contributed by atoms with Crippen LogP contribution in [0.2, 0.25) is 0 Å². The Morgan fingerprint density at radius 2 is 1.80 bits per heavy atom. The molecule has 7 heteroatoms. The first kappa shape index (κ1) is 12.0. The molecule has 1 rings (SSSR count). The summed E-state index contributed by atoms with van der Waals surface area (Å²) < 4.78 is 10.0. The summed E-state index contributed by atoms with van der Waals surface area (Å²) in [6, 6.07) is 1.51. The monoisotopic (exact) mass is 230 g/mol. The second kappa shape index (κ2) is 5.74. The zero-order valence-corrected chi connectivity index (χ0v) is 9.45. The molecule has 4 N–H and O–H groups in total. The predicted molar refractivity (Wildman–Crippen MR) is 59.4 cm³/mol. The Hall–Kier alpha value is -1.05. The Kier molecular flexibility index (Phi) is 4.60. The van der Waals surface area contributed by atoms with Crippen LogP contribution < -0.4 is 11.5 Å². The summed E-state index contributed by atoms with van der Waals surface area (Å²) in [5.74, 6) is 1.29. The normalized spacial score (nSPS) is 10.9. The highest BCUT2D eigenvalue weighted by Gasteiger charge is 2.08. The number of aromatic nitrogens is 2. The molecule has 0 saturated carbocycles. The average molecular weight is 230 g/mol. The lowest BCUT2D eigenvalue weighted by Crippen LogP contribution is -2.16. The van der Waals surface area contributed by atoms with E-state index in [4.69, 9.17) is 20.9 Å². The number of nitrogens with two attached hydrogens (primary N) is 2. The van der Waals surface area contributed by atoms with Crippen LogP contribution in [0.5, 0.6) is 0 Å². The van der Waals surface area contributed by atoms with Gasteiger partial charge >= 0.3 is 0 Å². The fourth-order valence-electron chi connectivity index (χ4n) is 0.901. The summed E-state index contributed by atoms with van der Waals surface area (Å²) in [4.78, 5) is 8.03. The highest BCUT2D eigenvalue weighted by Crippen LogP contribution is 2.17. The fraction of sp³-hybridized carbons (Fsp3) is 0.500. The van der Waals surface area contributed by atoms with Crippen LogP contribution in [0, 0.1) is 0 Å². The first-order valence-corrected chi connectivity index (χ1v) is 5.22. The summed E-state index contributed by atoms with van der Waals surface area (Å²) in [7, 11) is 3.15. The molecular weight excluding hydrogens is 216 g/mol. The fourth-order valence-corrected chi connectivity index (χ4v) is 1.80. The molecule has 1 aromatic heterocycles. The lowest BCUT2D eigenvalue weighted by molar-refractivity contribution is -0.0842. The van der Waals surface area contributed by atoms with E-state index in [1.165, 1.54) is 17.8 Å². The summed E-state index contributed by atoms with van der Waals surface area (Å²) in [5.41, 5.74) is 11.0. The zero-order chi connectivity index (χ0) is 11.3. The Labute approximate surface area is 92.4 Å². The van der Waals surface area contributed by atoms with Crippen molar-refractivity contribution >= 4 is 23.4 Å². The van der Waals surface area contributed by atoms with Crippen LogP contribution in [0.3, 0.4) is 0 Å². The number of rotatable bonds is 5. The van der Waals surface area contributed by atoms with Crippen molar-refractivity contribution < 1.29 is 9.47 Å². The Bertz CT molecular complexity index is 299. The maximum Gasteiger partial charge on any atom is 0.191 e. The lowest BCUT2D eigenvalue weighted by Gasteiger charge is -2.11. The van der Waals surface area contributed by atoms with Crippen molar-refractivity contribution in [3.05, 3.63) is 6.07 Å². The van der Waals surface area contributed by atoms with Crippen molar-refractivity contribution in [1.82, 2.24) is 9.97 Å². The smallest absolute Gasteiger partial charge is 0.191 e. The highest BCUT2D eigenvalue weighted by atomic mass is 32.2. The van der Waals surface area contributed by atoms with Crippen molar-refractivity contribution in [2.24, 2.45) is 0 Å². The van der Waals surface area contributed by atoms with Crippen LogP contribution in [0.25, 0.3) is 0 Å². The van der Waals surface area contributed by atoms with Gasteiger partial charge in [-0.3, -0.25) is 0 Å². The largest absolute Gasteiger partial charge is 0.383 e. The van der Waals surface area contributed by atoms with Gasteiger partial charge in [-0.05, 0) is 0 Å². The van der Waals surface area contributed by atoms with E-state index >= 15 is 0 Å². The van der Waals surface area contributed by atoms with E-state index in [9.17, 15) is 0 Å². The van der Waals surface area contributed by atoms with Gasteiger partial charge in [0, 0.05) is 20.3 Å². The van der Waals surface area contributed by atoms with Crippen molar-refractivity contribution in [2.45, 2.75) is 11.4 Å². The number of hydrogen-bond donors (Lipinski definition) is 2. The SMILES string of the molecule is COC(CSc1nc(N)cc(N)n1)OC. The van der Waals surface area contributed by atoms with Crippen molar-refractivity contribution in [1.29, 1.82) is 0 Å². The van der Waals surface area contributed by atoms with E-state index in [2.05, 4.69) is 9.97 Å². The summed E-state index contributed by atoms with van der Waals surface area (Å²) in [6.45, 7) is 0. The molecule has 0 bridgehead atoms. The van der Waals surface area contributed by atoms with Gasteiger partial charge in [0.05, 0.1) is 5.75 Å². The van der Waals surface area contributed by atoms with E-state index in [-0.39, 0.29) is 6.29 Å². The quantitative estimate of drug-likeness (QED) is 0.428. The molecule has 0 saturated heterocycles. The lowest BCUT2D eigenvalue weighted by atomic mass is 10.5. The van der Waals surface area contributed by atoms with Crippen molar-refractivity contribution in [2.75, 3.05) is 31.4 Å². The number of nitrogen functional groups attached to an aromatic ring is 2. The number of methoxy groups -OCH3 is 2. The molecule has 0 atom stereocenters. The topological polar surface area (TPSA) is 96.3 Å². The van der Waals surface area contributed by atoms with Crippen LogP contribution in [0.4, 0.5) is 11.6 Å². The van der Waals surface area contributed by atoms with Crippen molar-refractivity contribution in [3.8, 4) is 0 Å². The first-order chi connectivity index (χ1) is 7.15. The van der Waals surface area contributed by atoms with Gasteiger partial charge < -0.3 is 20.9 Å². The van der Waals surface area contributed by atoms with E-state index in [0.717, 1.165) is 0 Å².